The number of thiazole rings is 1. The van der Waals surface area contributed by atoms with Gasteiger partial charge in [-0.1, -0.05) is 59.9 Å². The number of hydrogen-bond donors (Lipinski definition) is 1. The molecule has 5 rings (SSSR count). The summed E-state index contributed by atoms with van der Waals surface area (Å²) in [5.74, 6) is 0.796. The first-order chi connectivity index (χ1) is 13.4. The summed E-state index contributed by atoms with van der Waals surface area (Å²) >= 11 is 1.65. The minimum absolute atomic E-state index is 0.570. The predicted octanol–water partition coefficient (Wildman–Crippen LogP) is 3.78. The van der Waals surface area contributed by atoms with E-state index in [0.717, 1.165) is 32.4 Å². The number of nitrogens with zero attached hydrogens (tertiary/aromatic N) is 4. The zero-order valence-corrected chi connectivity index (χ0v) is 15.3. The van der Waals surface area contributed by atoms with E-state index in [4.69, 9.17) is 10.1 Å². The molecule has 4 aromatic rings. The van der Waals surface area contributed by atoms with Crippen LogP contribution in [0.2, 0.25) is 0 Å². The van der Waals surface area contributed by atoms with E-state index in [1.165, 1.54) is 0 Å². The van der Waals surface area contributed by atoms with Crippen LogP contribution in [0.15, 0.2) is 84.9 Å². The summed E-state index contributed by atoms with van der Waals surface area (Å²) in [5.41, 5.74) is 6.54. The number of hydrazone groups is 1. The lowest BCUT2D eigenvalue weighted by molar-refractivity contribution is 0.644. The number of anilines is 2. The Morgan fingerprint density at radius 2 is 1.56 bits per heavy atom. The van der Waals surface area contributed by atoms with E-state index >= 15 is 0 Å². The van der Waals surface area contributed by atoms with Crippen molar-refractivity contribution in [2.24, 2.45) is 0 Å². The van der Waals surface area contributed by atoms with Gasteiger partial charge in [0.15, 0.2) is 6.67 Å². The average Bonchev–Trinajstić information content (AvgIpc) is 3.19. The molecule has 0 aliphatic carbocycles. The molecule has 1 aromatic heterocycles. The first-order valence-corrected chi connectivity index (χ1v) is 9.55. The number of aromatic nitrogens is 1. The van der Waals surface area contributed by atoms with Gasteiger partial charge in [0.05, 0.1) is 26.6 Å². The second kappa shape index (κ2) is 6.74. The number of hydrazine groups is 1. The Balaban J connectivity index is 1.57. The van der Waals surface area contributed by atoms with Crippen LogP contribution in [0.25, 0.3) is 10.2 Å². The lowest BCUT2D eigenvalue weighted by Gasteiger charge is -2.27. The summed E-state index contributed by atoms with van der Waals surface area (Å²) in [7, 11) is 0. The molecule has 1 aliphatic rings. The predicted molar refractivity (Wildman–Crippen MR) is 112 cm³/mol. The van der Waals surface area contributed by atoms with Crippen molar-refractivity contribution in [3.63, 3.8) is 0 Å². The zero-order chi connectivity index (χ0) is 18.1. The molecule has 5 nitrogen and oxygen atoms in total. The van der Waals surface area contributed by atoms with Crippen molar-refractivity contribution in [1.29, 1.82) is 0 Å². The normalized spacial score (nSPS) is 14.1. The molecular weight excluding hydrogens is 354 g/mol. The topological polar surface area (TPSA) is 45.5 Å². The van der Waals surface area contributed by atoms with Crippen molar-refractivity contribution < 1.29 is 0 Å². The van der Waals surface area contributed by atoms with Gasteiger partial charge in [-0.2, -0.15) is 10.4 Å². The maximum absolute atomic E-state index is 4.84. The van der Waals surface area contributed by atoms with Crippen LogP contribution in [0.4, 0.5) is 10.8 Å². The molecule has 0 bridgehead atoms. The molecule has 1 radical (unpaired) electrons. The Kier molecular flexibility index (Phi) is 3.95. The Morgan fingerprint density at radius 1 is 0.852 bits per heavy atom. The third-order valence-electron chi connectivity index (χ3n) is 4.36. The second-order valence-corrected chi connectivity index (χ2v) is 7.20. The number of amidine groups is 1. The summed E-state index contributed by atoms with van der Waals surface area (Å²) in [6, 6.07) is 28.6. The molecule has 0 unspecified atom stereocenters. The Bertz CT molecular complexity index is 1060. The van der Waals surface area contributed by atoms with E-state index in [2.05, 4.69) is 40.8 Å². The van der Waals surface area contributed by atoms with Crippen molar-refractivity contribution >= 4 is 38.2 Å². The van der Waals surface area contributed by atoms with Crippen LogP contribution in [0.3, 0.4) is 0 Å². The lowest BCUT2D eigenvalue weighted by Crippen LogP contribution is -2.57. The zero-order valence-electron chi connectivity index (χ0n) is 14.5. The third kappa shape index (κ3) is 3.11. The lowest BCUT2D eigenvalue weighted by atomic mass is 10.2. The van der Waals surface area contributed by atoms with Gasteiger partial charge in [0.2, 0.25) is 5.13 Å². The van der Waals surface area contributed by atoms with E-state index in [1.807, 2.05) is 59.6 Å². The summed E-state index contributed by atoms with van der Waals surface area (Å²) in [6.07, 6.45) is 0. The Labute approximate surface area is 161 Å². The summed E-state index contributed by atoms with van der Waals surface area (Å²) < 4.78 is 1.16. The maximum Gasteiger partial charge on any atom is 0.372 e. The van der Waals surface area contributed by atoms with Crippen LogP contribution in [0, 0.1) is 0 Å². The van der Waals surface area contributed by atoms with Gasteiger partial charge in [0.1, 0.15) is 0 Å². The first-order valence-electron chi connectivity index (χ1n) is 8.73. The van der Waals surface area contributed by atoms with Gasteiger partial charge in [0, 0.05) is 0 Å². The number of benzene rings is 3. The molecule has 2 heterocycles. The van der Waals surface area contributed by atoms with E-state index in [0.29, 0.717) is 6.67 Å². The number of rotatable bonds is 3. The van der Waals surface area contributed by atoms with E-state index in [-0.39, 0.29) is 0 Å². The molecule has 27 heavy (non-hydrogen) atoms. The monoisotopic (exact) mass is 371 g/mol. The quantitative estimate of drug-likeness (QED) is 0.595. The van der Waals surface area contributed by atoms with Crippen molar-refractivity contribution in [2.45, 2.75) is 0 Å². The van der Waals surface area contributed by atoms with Crippen molar-refractivity contribution in [1.82, 2.24) is 15.5 Å². The van der Waals surface area contributed by atoms with Crippen molar-refractivity contribution in [3.05, 3.63) is 90.5 Å². The van der Waals surface area contributed by atoms with E-state index in [9.17, 15) is 0 Å². The molecule has 3 aromatic carbocycles. The van der Waals surface area contributed by atoms with Crippen molar-refractivity contribution in [3.8, 4) is 0 Å². The molecular formula is C21H17N5S+. The van der Waals surface area contributed by atoms with Crippen LogP contribution < -0.4 is 20.5 Å². The first kappa shape index (κ1) is 15.8. The van der Waals surface area contributed by atoms with Crippen LogP contribution in [-0.2, 0) is 0 Å². The molecule has 0 spiro atoms. The third-order valence-corrected chi connectivity index (χ3v) is 5.41. The average molecular weight is 371 g/mol. The highest BCUT2D eigenvalue weighted by Crippen LogP contribution is 2.29. The Hall–Kier alpha value is -3.38. The van der Waals surface area contributed by atoms with Gasteiger partial charge in [0.25, 0.3) is 0 Å². The number of hydrogen-bond acceptors (Lipinski definition) is 6. The van der Waals surface area contributed by atoms with Gasteiger partial charge in [-0.25, -0.2) is 4.98 Å². The fourth-order valence-corrected chi connectivity index (χ4v) is 3.93. The maximum atomic E-state index is 4.84. The van der Waals surface area contributed by atoms with Crippen LogP contribution >= 0.6 is 11.3 Å². The molecule has 0 amide bonds. The Morgan fingerprint density at radius 3 is 2.33 bits per heavy atom. The number of nitrogens with one attached hydrogen (secondary N) is 1. The van der Waals surface area contributed by atoms with Crippen LogP contribution in [-0.4, -0.2) is 17.5 Å². The fourth-order valence-electron chi connectivity index (χ4n) is 3.02. The van der Waals surface area contributed by atoms with Crippen molar-refractivity contribution in [2.75, 3.05) is 16.7 Å². The summed E-state index contributed by atoms with van der Waals surface area (Å²) in [6.45, 7) is 0.570. The number of para-hydroxylation sites is 2. The van der Waals surface area contributed by atoms with Crippen LogP contribution in [0.1, 0.15) is 5.56 Å². The highest BCUT2D eigenvalue weighted by molar-refractivity contribution is 7.22. The highest BCUT2D eigenvalue weighted by Gasteiger charge is 2.31. The molecule has 1 N–H and O–H groups in total. The number of fused-ring (bicyclic) bond motifs is 1. The SMILES string of the molecule is c1ccc(C2=[N+]N(c3nc4ccccc4s3)CN(c3ccccc3)N2)cc1. The summed E-state index contributed by atoms with van der Waals surface area (Å²) in [4.78, 5) is 4.78. The van der Waals surface area contributed by atoms with Gasteiger partial charge < -0.3 is 0 Å². The van der Waals surface area contributed by atoms with E-state index < -0.39 is 0 Å². The molecule has 131 valence electrons. The van der Waals surface area contributed by atoms with Gasteiger partial charge >= 0.3 is 5.84 Å². The molecule has 0 fully saturated rings. The minimum atomic E-state index is 0.570. The molecule has 6 heteroatoms. The van der Waals surface area contributed by atoms with Gasteiger partial charge in [-0.05, 0) is 36.4 Å². The highest BCUT2D eigenvalue weighted by atomic mass is 32.1. The standard InChI is InChI=1S/C21H17N5S/c1-3-9-16(10-4-1)20-23-25(17-11-5-2-6-12-17)15-26(24-20)21-22-18-13-7-8-14-19(18)27-21/h1-14,23H,15H2/q+1. The molecule has 0 saturated heterocycles. The minimum Gasteiger partial charge on any atom is -0.217 e. The van der Waals surface area contributed by atoms with Gasteiger partial charge in [-0.15, -0.1) is 5.01 Å². The van der Waals surface area contributed by atoms with Gasteiger partial charge in [-0.3, -0.25) is 0 Å². The fraction of sp³-hybridized carbons (Fsp3) is 0.0476. The molecule has 0 atom stereocenters. The van der Waals surface area contributed by atoms with Crippen LogP contribution in [0.5, 0.6) is 0 Å². The summed E-state index contributed by atoms with van der Waals surface area (Å²) in [5, 5.41) is 9.76. The largest absolute Gasteiger partial charge is 0.372 e. The second-order valence-electron chi connectivity index (χ2n) is 6.20. The molecule has 1 aliphatic heterocycles. The smallest absolute Gasteiger partial charge is 0.217 e. The van der Waals surface area contributed by atoms with E-state index in [1.54, 1.807) is 11.3 Å². The molecule has 0 saturated carbocycles.